The summed E-state index contributed by atoms with van der Waals surface area (Å²) in [6.45, 7) is 4.90. The molecule has 2 aromatic rings. The fourth-order valence-corrected chi connectivity index (χ4v) is 2.12. The van der Waals surface area contributed by atoms with E-state index in [1.165, 1.54) is 0 Å². The molecule has 0 bridgehead atoms. The first-order valence-corrected chi connectivity index (χ1v) is 8.39. The van der Waals surface area contributed by atoms with Gasteiger partial charge in [0.05, 0.1) is 13.2 Å². The molecule has 0 aliphatic carbocycles. The lowest BCUT2D eigenvalue weighted by Crippen LogP contribution is -2.25. The van der Waals surface area contributed by atoms with Crippen LogP contribution in [0.1, 0.15) is 26.0 Å². The molecule has 2 rings (SSSR count). The molecule has 26 heavy (non-hydrogen) atoms. The average Bonchev–Trinajstić information content (AvgIpc) is 2.64. The van der Waals surface area contributed by atoms with E-state index in [4.69, 9.17) is 11.2 Å². The molecule has 1 aromatic carbocycles. The number of hydrogen-bond acceptors (Lipinski definition) is 5. The van der Waals surface area contributed by atoms with E-state index >= 15 is 0 Å². The zero-order valence-corrected chi connectivity index (χ0v) is 14.9. The quantitative estimate of drug-likeness (QED) is 0.701. The first-order valence-electron chi connectivity index (χ1n) is 8.39. The minimum atomic E-state index is -0.367. The first-order chi connectivity index (χ1) is 12.5. The Hall–Kier alpha value is -3.14. The number of rotatable bonds is 8. The van der Waals surface area contributed by atoms with Crippen molar-refractivity contribution in [1.29, 1.82) is 0 Å². The second kappa shape index (κ2) is 9.37. The van der Waals surface area contributed by atoms with Crippen LogP contribution in [0.2, 0.25) is 0 Å². The SMILES string of the molecule is C#CCNC(=O)CCc1nnc(-c2cccc(OCC(C)C)c2)[nH]c1=O. The van der Waals surface area contributed by atoms with Crippen molar-refractivity contribution in [2.24, 2.45) is 5.92 Å². The van der Waals surface area contributed by atoms with Gasteiger partial charge in [-0.2, -0.15) is 0 Å². The van der Waals surface area contributed by atoms with Crippen LogP contribution in [0.4, 0.5) is 0 Å². The fourth-order valence-electron chi connectivity index (χ4n) is 2.12. The van der Waals surface area contributed by atoms with Gasteiger partial charge in [-0.05, 0) is 18.1 Å². The number of hydrogen-bond donors (Lipinski definition) is 2. The molecule has 1 amide bonds. The normalized spacial score (nSPS) is 10.4. The number of aromatic amines is 1. The molecule has 7 nitrogen and oxygen atoms in total. The minimum absolute atomic E-state index is 0.122. The van der Waals surface area contributed by atoms with Crippen molar-refractivity contribution >= 4 is 5.91 Å². The van der Waals surface area contributed by atoms with Crippen LogP contribution in [0.3, 0.4) is 0 Å². The van der Waals surface area contributed by atoms with Gasteiger partial charge in [-0.25, -0.2) is 0 Å². The predicted molar refractivity (Wildman–Crippen MR) is 98.6 cm³/mol. The summed E-state index contributed by atoms with van der Waals surface area (Å²) in [7, 11) is 0. The van der Waals surface area contributed by atoms with E-state index < -0.39 is 0 Å². The summed E-state index contributed by atoms with van der Waals surface area (Å²) in [5, 5.41) is 10.6. The molecule has 1 aromatic heterocycles. The Bertz CT molecular complexity index is 852. The van der Waals surface area contributed by atoms with Crippen molar-refractivity contribution in [3.8, 4) is 29.5 Å². The highest BCUT2D eigenvalue weighted by Crippen LogP contribution is 2.20. The standard InChI is InChI=1S/C19H22N4O3/c1-4-10-20-17(24)9-8-16-19(25)21-18(23-22-16)14-6-5-7-15(11-14)26-12-13(2)3/h1,5-7,11,13H,8-10,12H2,2-3H3,(H,20,24)(H,21,23,25). The minimum Gasteiger partial charge on any atom is -0.493 e. The molecule has 0 saturated heterocycles. The molecule has 0 aliphatic rings. The number of aryl methyl sites for hydroxylation is 1. The van der Waals surface area contributed by atoms with Crippen molar-refractivity contribution in [1.82, 2.24) is 20.5 Å². The highest BCUT2D eigenvalue weighted by Gasteiger charge is 2.10. The van der Waals surface area contributed by atoms with Crippen molar-refractivity contribution in [2.45, 2.75) is 26.7 Å². The maximum absolute atomic E-state index is 12.2. The van der Waals surface area contributed by atoms with Gasteiger partial charge in [0.2, 0.25) is 5.91 Å². The third kappa shape index (κ3) is 5.74. The highest BCUT2D eigenvalue weighted by atomic mass is 16.5. The van der Waals surface area contributed by atoms with Gasteiger partial charge in [-0.1, -0.05) is 31.9 Å². The maximum atomic E-state index is 12.2. The van der Waals surface area contributed by atoms with Crippen LogP contribution < -0.4 is 15.6 Å². The summed E-state index contributed by atoms with van der Waals surface area (Å²) < 4.78 is 5.68. The molecule has 7 heteroatoms. The molecule has 136 valence electrons. The van der Waals surface area contributed by atoms with Crippen LogP contribution in [0.25, 0.3) is 11.4 Å². The van der Waals surface area contributed by atoms with Gasteiger partial charge in [0.25, 0.3) is 5.56 Å². The smallest absolute Gasteiger partial charge is 0.273 e. The summed E-state index contributed by atoms with van der Waals surface area (Å²) in [5.74, 6) is 3.55. The Labute approximate surface area is 152 Å². The number of nitrogens with one attached hydrogen (secondary N) is 2. The number of H-pyrrole nitrogens is 1. The summed E-state index contributed by atoms with van der Waals surface area (Å²) in [6.07, 6.45) is 5.39. The van der Waals surface area contributed by atoms with Crippen LogP contribution >= 0.6 is 0 Å². The molecular weight excluding hydrogens is 332 g/mol. The lowest BCUT2D eigenvalue weighted by Gasteiger charge is -2.09. The third-order valence-corrected chi connectivity index (χ3v) is 3.43. The van der Waals surface area contributed by atoms with E-state index in [2.05, 4.69) is 40.3 Å². The van der Waals surface area contributed by atoms with Crippen molar-refractivity contribution in [3.63, 3.8) is 0 Å². The van der Waals surface area contributed by atoms with Crippen LogP contribution in [-0.2, 0) is 11.2 Å². The summed E-state index contributed by atoms with van der Waals surface area (Å²) in [4.78, 5) is 26.4. The van der Waals surface area contributed by atoms with Crippen molar-refractivity contribution in [2.75, 3.05) is 13.2 Å². The van der Waals surface area contributed by atoms with Gasteiger partial charge in [0.1, 0.15) is 11.4 Å². The average molecular weight is 354 g/mol. The van der Waals surface area contributed by atoms with Crippen molar-refractivity contribution in [3.05, 3.63) is 40.3 Å². The molecule has 0 unspecified atom stereocenters. The largest absolute Gasteiger partial charge is 0.493 e. The number of carbonyl (C=O) groups excluding carboxylic acids is 1. The molecule has 0 saturated carbocycles. The molecule has 0 spiro atoms. The second-order valence-electron chi connectivity index (χ2n) is 6.16. The van der Waals surface area contributed by atoms with Crippen LogP contribution in [-0.4, -0.2) is 34.2 Å². The molecular formula is C19H22N4O3. The number of carbonyl (C=O) groups is 1. The lowest BCUT2D eigenvalue weighted by molar-refractivity contribution is -0.120. The van der Waals surface area contributed by atoms with Gasteiger partial charge in [-0.15, -0.1) is 16.6 Å². The number of amides is 1. The number of benzene rings is 1. The molecule has 0 fully saturated rings. The van der Waals surface area contributed by atoms with Crippen LogP contribution in [0.5, 0.6) is 5.75 Å². The van der Waals surface area contributed by atoms with Crippen LogP contribution in [0, 0.1) is 18.3 Å². The van der Waals surface area contributed by atoms with Crippen molar-refractivity contribution < 1.29 is 9.53 Å². The molecule has 1 heterocycles. The van der Waals surface area contributed by atoms with E-state index in [1.807, 2.05) is 18.2 Å². The highest BCUT2D eigenvalue weighted by molar-refractivity contribution is 5.76. The number of terminal acetylenes is 1. The van der Waals surface area contributed by atoms with Gasteiger partial charge >= 0.3 is 0 Å². The summed E-state index contributed by atoms with van der Waals surface area (Å²) in [6, 6.07) is 7.29. The topological polar surface area (TPSA) is 97.0 Å². The van der Waals surface area contributed by atoms with E-state index in [9.17, 15) is 9.59 Å². The fraction of sp³-hybridized carbons (Fsp3) is 0.368. The Morgan fingerprint density at radius 3 is 2.88 bits per heavy atom. The Balaban J connectivity index is 2.07. The lowest BCUT2D eigenvalue weighted by atomic mass is 10.2. The number of aromatic nitrogens is 3. The molecule has 0 atom stereocenters. The zero-order valence-electron chi connectivity index (χ0n) is 14.9. The van der Waals surface area contributed by atoms with Gasteiger partial charge in [0.15, 0.2) is 5.82 Å². The summed E-state index contributed by atoms with van der Waals surface area (Å²) in [5.41, 5.74) is 0.541. The van der Waals surface area contributed by atoms with Crippen LogP contribution in [0.15, 0.2) is 29.1 Å². The van der Waals surface area contributed by atoms with Gasteiger partial charge < -0.3 is 15.0 Å². The third-order valence-electron chi connectivity index (χ3n) is 3.43. The molecule has 2 N–H and O–H groups in total. The Morgan fingerprint density at radius 2 is 2.19 bits per heavy atom. The maximum Gasteiger partial charge on any atom is 0.273 e. The summed E-state index contributed by atoms with van der Waals surface area (Å²) >= 11 is 0. The number of ether oxygens (including phenoxy) is 1. The van der Waals surface area contributed by atoms with Gasteiger partial charge in [-0.3, -0.25) is 9.59 Å². The Morgan fingerprint density at radius 1 is 1.38 bits per heavy atom. The zero-order chi connectivity index (χ0) is 18.9. The van der Waals surface area contributed by atoms with E-state index in [1.54, 1.807) is 6.07 Å². The second-order valence-corrected chi connectivity index (χ2v) is 6.16. The van der Waals surface area contributed by atoms with E-state index in [-0.39, 0.29) is 36.5 Å². The van der Waals surface area contributed by atoms with E-state index in [0.29, 0.717) is 29.7 Å². The monoisotopic (exact) mass is 354 g/mol. The van der Waals surface area contributed by atoms with Gasteiger partial charge in [0, 0.05) is 18.4 Å². The first kappa shape index (κ1) is 19.2. The number of nitrogens with zero attached hydrogens (tertiary/aromatic N) is 2. The van der Waals surface area contributed by atoms with E-state index in [0.717, 1.165) is 0 Å². The molecule has 0 aliphatic heterocycles. The molecule has 0 radical (unpaired) electrons. The predicted octanol–water partition coefficient (Wildman–Crippen LogP) is 1.55. The Kier molecular flexibility index (Phi) is 6.92.